The second-order valence-electron chi connectivity index (χ2n) is 7.25. The molecule has 0 bridgehead atoms. The molecule has 0 saturated carbocycles. The molecule has 0 spiro atoms. The van der Waals surface area contributed by atoms with Crippen LogP contribution >= 0.6 is 11.6 Å². The number of anilines is 1. The molecule has 0 unspecified atom stereocenters. The number of hydrogen-bond acceptors (Lipinski definition) is 4. The third kappa shape index (κ3) is 4.37. The maximum absolute atomic E-state index is 12.2. The van der Waals surface area contributed by atoms with Crippen LogP contribution in [0, 0.1) is 0 Å². The Labute approximate surface area is 170 Å². The highest BCUT2D eigenvalue weighted by Gasteiger charge is 2.17. The van der Waals surface area contributed by atoms with E-state index in [2.05, 4.69) is 20.9 Å². The molecule has 5 nitrogen and oxygen atoms in total. The van der Waals surface area contributed by atoms with Gasteiger partial charge < -0.3 is 9.47 Å². The van der Waals surface area contributed by atoms with Gasteiger partial charge in [-0.25, -0.2) is 4.98 Å². The van der Waals surface area contributed by atoms with Gasteiger partial charge in [0.1, 0.15) is 0 Å². The van der Waals surface area contributed by atoms with Crippen molar-refractivity contribution in [2.24, 2.45) is 0 Å². The fourth-order valence-electron chi connectivity index (χ4n) is 3.85. The SMILES string of the molecule is O=c1cnc2ccccc2n1CCCCN1CCN(c2cccc(Cl)c2)CC1. The van der Waals surface area contributed by atoms with E-state index in [4.69, 9.17) is 11.6 Å². The zero-order valence-corrected chi connectivity index (χ0v) is 16.7. The van der Waals surface area contributed by atoms with Gasteiger partial charge in [0.15, 0.2) is 0 Å². The first-order chi connectivity index (χ1) is 13.7. The fourth-order valence-corrected chi connectivity index (χ4v) is 4.04. The Balaban J connectivity index is 1.26. The maximum atomic E-state index is 12.2. The standard InChI is InChI=1S/C22H25ClN4O/c23-18-6-5-7-19(16-18)26-14-12-25(13-15-26)10-3-4-11-27-21-9-2-1-8-20(21)24-17-22(27)28/h1-2,5-9,16-17H,3-4,10-15H2. The predicted molar refractivity (Wildman–Crippen MR) is 115 cm³/mol. The van der Waals surface area contributed by atoms with Crippen LogP contribution in [0.1, 0.15) is 12.8 Å². The first-order valence-corrected chi connectivity index (χ1v) is 10.3. The van der Waals surface area contributed by atoms with E-state index in [1.165, 1.54) is 11.9 Å². The number of rotatable bonds is 6. The Morgan fingerprint density at radius 1 is 0.929 bits per heavy atom. The van der Waals surface area contributed by atoms with Gasteiger partial charge in [-0.3, -0.25) is 9.69 Å². The Morgan fingerprint density at radius 3 is 2.54 bits per heavy atom. The van der Waals surface area contributed by atoms with Crippen molar-refractivity contribution in [2.45, 2.75) is 19.4 Å². The first kappa shape index (κ1) is 19.0. The van der Waals surface area contributed by atoms with E-state index in [1.54, 1.807) is 0 Å². The summed E-state index contributed by atoms with van der Waals surface area (Å²) in [6, 6.07) is 15.9. The average Bonchev–Trinajstić information content (AvgIpc) is 2.73. The average molecular weight is 397 g/mol. The highest BCUT2D eigenvalue weighted by molar-refractivity contribution is 6.30. The number of piperazine rings is 1. The highest BCUT2D eigenvalue weighted by atomic mass is 35.5. The maximum Gasteiger partial charge on any atom is 0.269 e. The molecule has 2 aromatic carbocycles. The Morgan fingerprint density at radius 2 is 1.71 bits per heavy atom. The number of unbranched alkanes of at least 4 members (excludes halogenated alkanes) is 1. The highest BCUT2D eigenvalue weighted by Crippen LogP contribution is 2.21. The number of para-hydroxylation sites is 2. The van der Waals surface area contributed by atoms with E-state index in [0.29, 0.717) is 0 Å². The van der Waals surface area contributed by atoms with Gasteiger partial charge in [-0.1, -0.05) is 29.8 Å². The van der Waals surface area contributed by atoms with Gasteiger partial charge in [-0.15, -0.1) is 0 Å². The van der Waals surface area contributed by atoms with Crippen molar-refractivity contribution in [3.63, 3.8) is 0 Å². The van der Waals surface area contributed by atoms with Gasteiger partial charge in [0.2, 0.25) is 0 Å². The van der Waals surface area contributed by atoms with Crippen LogP contribution < -0.4 is 10.5 Å². The van der Waals surface area contributed by atoms with Crippen molar-refractivity contribution in [3.8, 4) is 0 Å². The van der Waals surface area contributed by atoms with E-state index in [0.717, 1.165) is 68.2 Å². The van der Waals surface area contributed by atoms with Gasteiger partial charge >= 0.3 is 0 Å². The minimum Gasteiger partial charge on any atom is -0.369 e. The third-order valence-electron chi connectivity index (χ3n) is 5.40. The van der Waals surface area contributed by atoms with Crippen LogP contribution in [-0.4, -0.2) is 47.2 Å². The molecule has 2 heterocycles. The summed E-state index contributed by atoms with van der Waals surface area (Å²) in [6.07, 6.45) is 3.50. The molecular weight excluding hydrogens is 372 g/mol. The molecule has 1 fully saturated rings. The monoisotopic (exact) mass is 396 g/mol. The summed E-state index contributed by atoms with van der Waals surface area (Å²) in [4.78, 5) is 21.3. The van der Waals surface area contributed by atoms with Gasteiger partial charge in [0.25, 0.3) is 5.56 Å². The molecule has 0 atom stereocenters. The summed E-state index contributed by atoms with van der Waals surface area (Å²) in [7, 11) is 0. The molecule has 6 heteroatoms. The molecule has 146 valence electrons. The number of aryl methyl sites for hydroxylation is 1. The zero-order valence-electron chi connectivity index (χ0n) is 15.9. The molecule has 1 saturated heterocycles. The molecule has 0 aliphatic carbocycles. The first-order valence-electron chi connectivity index (χ1n) is 9.88. The van der Waals surface area contributed by atoms with E-state index in [9.17, 15) is 4.79 Å². The van der Waals surface area contributed by atoms with Crippen molar-refractivity contribution >= 4 is 28.3 Å². The number of benzene rings is 2. The summed E-state index contributed by atoms with van der Waals surface area (Å²) >= 11 is 6.11. The third-order valence-corrected chi connectivity index (χ3v) is 5.64. The lowest BCUT2D eigenvalue weighted by atomic mass is 10.2. The van der Waals surface area contributed by atoms with Gasteiger partial charge in [0, 0.05) is 43.4 Å². The Bertz CT molecular complexity index is 995. The minimum atomic E-state index is -0.0196. The molecule has 0 radical (unpaired) electrons. The Kier molecular flexibility index (Phi) is 5.93. The lowest BCUT2D eigenvalue weighted by Crippen LogP contribution is -2.46. The van der Waals surface area contributed by atoms with Crippen LogP contribution in [0.3, 0.4) is 0 Å². The largest absolute Gasteiger partial charge is 0.369 e. The van der Waals surface area contributed by atoms with Gasteiger partial charge in [-0.05, 0) is 49.7 Å². The van der Waals surface area contributed by atoms with Crippen molar-refractivity contribution in [1.29, 1.82) is 0 Å². The van der Waals surface area contributed by atoms with Crippen LogP contribution in [0.25, 0.3) is 11.0 Å². The lowest BCUT2D eigenvalue weighted by Gasteiger charge is -2.36. The number of nitrogens with zero attached hydrogens (tertiary/aromatic N) is 4. The molecule has 1 aliphatic rings. The van der Waals surface area contributed by atoms with Gasteiger partial charge in [0.05, 0.1) is 17.2 Å². The normalized spacial score (nSPS) is 15.2. The summed E-state index contributed by atoms with van der Waals surface area (Å²) in [5.41, 5.74) is 2.98. The smallest absolute Gasteiger partial charge is 0.269 e. The summed E-state index contributed by atoms with van der Waals surface area (Å²) in [6.45, 7) is 5.98. The predicted octanol–water partition coefficient (Wildman–Crippen LogP) is 3.65. The van der Waals surface area contributed by atoms with Crippen LogP contribution in [0.2, 0.25) is 5.02 Å². The number of halogens is 1. The summed E-state index contributed by atoms with van der Waals surface area (Å²) in [5.74, 6) is 0. The van der Waals surface area contributed by atoms with Crippen LogP contribution in [0.5, 0.6) is 0 Å². The molecule has 1 aromatic heterocycles. The minimum absolute atomic E-state index is 0.0196. The van der Waals surface area contributed by atoms with E-state index >= 15 is 0 Å². The van der Waals surface area contributed by atoms with Crippen LogP contribution in [0.4, 0.5) is 5.69 Å². The van der Waals surface area contributed by atoms with Crippen molar-refractivity contribution in [2.75, 3.05) is 37.6 Å². The summed E-state index contributed by atoms with van der Waals surface area (Å²) in [5, 5.41) is 0.791. The number of aromatic nitrogens is 2. The summed E-state index contributed by atoms with van der Waals surface area (Å²) < 4.78 is 1.85. The topological polar surface area (TPSA) is 41.4 Å². The molecule has 0 N–H and O–H groups in total. The van der Waals surface area contributed by atoms with Crippen molar-refractivity contribution in [1.82, 2.24) is 14.5 Å². The molecule has 28 heavy (non-hydrogen) atoms. The quantitative estimate of drug-likeness (QED) is 0.596. The van der Waals surface area contributed by atoms with E-state index < -0.39 is 0 Å². The molecule has 4 rings (SSSR count). The lowest BCUT2D eigenvalue weighted by molar-refractivity contribution is 0.251. The second kappa shape index (κ2) is 8.76. The molecule has 3 aromatic rings. The van der Waals surface area contributed by atoms with Gasteiger partial charge in [-0.2, -0.15) is 0 Å². The van der Waals surface area contributed by atoms with Crippen molar-refractivity contribution in [3.05, 3.63) is 70.1 Å². The number of hydrogen-bond donors (Lipinski definition) is 0. The zero-order chi connectivity index (χ0) is 19.3. The second-order valence-corrected chi connectivity index (χ2v) is 7.69. The van der Waals surface area contributed by atoms with Crippen LogP contribution in [0.15, 0.2) is 59.5 Å². The fraction of sp³-hybridized carbons (Fsp3) is 0.364. The van der Waals surface area contributed by atoms with Crippen LogP contribution in [-0.2, 0) is 6.54 Å². The molecule has 1 aliphatic heterocycles. The Hall–Kier alpha value is -2.37. The molecule has 0 amide bonds. The van der Waals surface area contributed by atoms with Crippen molar-refractivity contribution < 1.29 is 0 Å². The number of fused-ring (bicyclic) bond motifs is 1. The van der Waals surface area contributed by atoms with E-state index in [-0.39, 0.29) is 5.56 Å². The van der Waals surface area contributed by atoms with E-state index in [1.807, 2.05) is 47.0 Å². The molecular formula is C22H25ClN4O.